The number of morpholine rings is 1. The number of rotatable bonds is 8. The fraction of sp³-hybridized carbons (Fsp3) is 0.476. The van der Waals surface area contributed by atoms with E-state index in [1.165, 1.54) is 11.3 Å². The second-order valence-electron chi connectivity index (χ2n) is 7.23. The molecule has 3 aromatic rings. The van der Waals surface area contributed by atoms with Gasteiger partial charge >= 0.3 is 0 Å². The maximum Gasteiger partial charge on any atom is 0.282 e. The van der Waals surface area contributed by atoms with Crippen LogP contribution in [-0.4, -0.2) is 74.6 Å². The van der Waals surface area contributed by atoms with Gasteiger partial charge in [-0.2, -0.15) is 0 Å². The lowest BCUT2D eigenvalue weighted by Crippen LogP contribution is -2.39. The highest BCUT2D eigenvalue weighted by Crippen LogP contribution is 2.40. The van der Waals surface area contributed by atoms with Crippen LogP contribution in [0.25, 0.3) is 10.2 Å². The molecular formula is C21H26N4O5S. The first-order valence-electron chi connectivity index (χ1n) is 10.2. The van der Waals surface area contributed by atoms with Crippen molar-refractivity contribution >= 4 is 32.6 Å². The highest BCUT2D eigenvalue weighted by molar-refractivity contribution is 7.22. The van der Waals surface area contributed by atoms with Gasteiger partial charge in [0, 0.05) is 32.2 Å². The summed E-state index contributed by atoms with van der Waals surface area (Å²) in [5.74, 6) is 1.67. The average molecular weight is 447 g/mol. The van der Waals surface area contributed by atoms with Crippen molar-refractivity contribution in [2.24, 2.45) is 0 Å². The van der Waals surface area contributed by atoms with Gasteiger partial charge in [-0.3, -0.25) is 14.6 Å². The molecule has 0 unspecified atom stereocenters. The van der Waals surface area contributed by atoms with E-state index in [0.717, 1.165) is 44.0 Å². The molecule has 0 atom stereocenters. The summed E-state index contributed by atoms with van der Waals surface area (Å²) in [6, 6.07) is 5.30. The number of amides is 1. The molecular weight excluding hydrogens is 420 g/mol. The Morgan fingerprint density at radius 1 is 1.23 bits per heavy atom. The molecule has 31 heavy (non-hydrogen) atoms. The number of fused-ring (bicyclic) bond motifs is 1. The number of aryl methyl sites for hydroxylation is 1. The Labute approximate surface area is 184 Å². The Kier molecular flexibility index (Phi) is 6.69. The van der Waals surface area contributed by atoms with E-state index in [1.54, 1.807) is 32.1 Å². The first kappa shape index (κ1) is 21.5. The van der Waals surface area contributed by atoms with Crippen molar-refractivity contribution in [1.29, 1.82) is 0 Å². The SMILES string of the molecule is COc1ccc(OC)c2sc(N(CCCN3CCOCC3)C(=O)c3cc(C)on3)nc12. The number of hydrogen-bond acceptors (Lipinski definition) is 9. The van der Waals surface area contributed by atoms with Crippen molar-refractivity contribution in [1.82, 2.24) is 15.0 Å². The fourth-order valence-electron chi connectivity index (χ4n) is 3.56. The maximum absolute atomic E-state index is 13.3. The largest absolute Gasteiger partial charge is 0.495 e. The van der Waals surface area contributed by atoms with Gasteiger partial charge in [-0.1, -0.05) is 16.5 Å². The van der Waals surface area contributed by atoms with Crippen molar-refractivity contribution in [3.63, 3.8) is 0 Å². The molecule has 0 N–H and O–H groups in total. The Hall–Kier alpha value is -2.69. The molecule has 0 bridgehead atoms. The molecule has 1 amide bonds. The molecule has 10 heteroatoms. The molecule has 0 aliphatic carbocycles. The Morgan fingerprint density at radius 3 is 2.65 bits per heavy atom. The summed E-state index contributed by atoms with van der Waals surface area (Å²) in [7, 11) is 3.22. The smallest absolute Gasteiger partial charge is 0.282 e. The van der Waals surface area contributed by atoms with Crippen LogP contribution in [0.5, 0.6) is 11.5 Å². The Bertz CT molecular complexity index is 1000. The molecule has 3 heterocycles. The quantitative estimate of drug-likeness (QED) is 0.522. The van der Waals surface area contributed by atoms with Crippen LogP contribution in [-0.2, 0) is 4.74 Å². The Morgan fingerprint density at radius 2 is 1.97 bits per heavy atom. The van der Waals surface area contributed by atoms with E-state index >= 15 is 0 Å². The van der Waals surface area contributed by atoms with Crippen molar-refractivity contribution in [3.8, 4) is 11.5 Å². The van der Waals surface area contributed by atoms with Crippen molar-refractivity contribution in [2.45, 2.75) is 13.3 Å². The lowest BCUT2D eigenvalue weighted by atomic mass is 10.3. The van der Waals surface area contributed by atoms with Gasteiger partial charge in [-0.15, -0.1) is 0 Å². The van der Waals surface area contributed by atoms with Gasteiger partial charge in [-0.05, 0) is 25.5 Å². The first-order valence-corrected chi connectivity index (χ1v) is 11.0. The topological polar surface area (TPSA) is 90.2 Å². The summed E-state index contributed by atoms with van der Waals surface area (Å²) in [5.41, 5.74) is 0.936. The zero-order valence-corrected chi connectivity index (χ0v) is 18.7. The minimum atomic E-state index is -0.240. The van der Waals surface area contributed by atoms with Crippen LogP contribution >= 0.6 is 11.3 Å². The first-order chi connectivity index (χ1) is 15.1. The van der Waals surface area contributed by atoms with E-state index in [9.17, 15) is 4.79 Å². The zero-order chi connectivity index (χ0) is 21.8. The predicted molar refractivity (Wildman–Crippen MR) is 118 cm³/mol. The van der Waals surface area contributed by atoms with E-state index in [-0.39, 0.29) is 11.6 Å². The molecule has 1 aliphatic heterocycles. The number of carbonyl (C=O) groups excluding carboxylic acids is 1. The number of ether oxygens (including phenoxy) is 3. The van der Waals surface area contributed by atoms with E-state index in [4.69, 9.17) is 23.7 Å². The van der Waals surface area contributed by atoms with Crippen LogP contribution in [0.3, 0.4) is 0 Å². The summed E-state index contributed by atoms with van der Waals surface area (Å²) in [6.07, 6.45) is 0.798. The summed E-state index contributed by atoms with van der Waals surface area (Å²) in [4.78, 5) is 22.1. The van der Waals surface area contributed by atoms with Crippen LogP contribution in [0.1, 0.15) is 22.7 Å². The summed E-state index contributed by atoms with van der Waals surface area (Å²) in [5, 5.41) is 4.49. The molecule has 9 nitrogen and oxygen atoms in total. The normalized spacial score (nSPS) is 14.7. The second-order valence-corrected chi connectivity index (χ2v) is 8.21. The number of methoxy groups -OCH3 is 2. The van der Waals surface area contributed by atoms with Gasteiger partial charge in [0.25, 0.3) is 5.91 Å². The third kappa shape index (κ3) is 4.65. The van der Waals surface area contributed by atoms with E-state index in [1.807, 2.05) is 12.1 Å². The monoisotopic (exact) mass is 446 g/mol. The molecule has 1 saturated heterocycles. The van der Waals surface area contributed by atoms with Gasteiger partial charge in [-0.25, -0.2) is 4.98 Å². The van der Waals surface area contributed by atoms with Crippen LogP contribution in [0.2, 0.25) is 0 Å². The minimum Gasteiger partial charge on any atom is -0.495 e. The zero-order valence-electron chi connectivity index (χ0n) is 17.9. The number of aromatic nitrogens is 2. The third-order valence-corrected chi connectivity index (χ3v) is 6.27. The van der Waals surface area contributed by atoms with Crippen molar-refractivity contribution in [2.75, 3.05) is 58.5 Å². The van der Waals surface area contributed by atoms with Crippen LogP contribution in [0.4, 0.5) is 5.13 Å². The van der Waals surface area contributed by atoms with Crippen molar-refractivity contribution in [3.05, 3.63) is 29.7 Å². The number of hydrogen-bond donors (Lipinski definition) is 0. The van der Waals surface area contributed by atoms with Gasteiger partial charge < -0.3 is 18.7 Å². The Balaban J connectivity index is 1.63. The fourth-order valence-corrected chi connectivity index (χ4v) is 4.66. The molecule has 2 aromatic heterocycles. The van der Waals surface area contributed by atoms with Crippen molar-refractivity contribution < 1.29 is 23.5 Å². The van der Waals surface area contributed by atoms with Gasteiger partial charge in [0.15, 0.2) is 10.8 Å². The van der Waals surface area contributed by atoms with Crippen LogP contribution < -0.4 is 14.4 Å². The number of nitrogens with zero attached hydrogens (tertiary/aromatic N) is 4. The standard InChI is InChI=1S/C21H26N4O5S/c1-14-13-15(23-30-14)20(26)25(8-4-7-24-9-11-29-12-10-24)21-22-18-16(27-2)5-6-17(28-3)19(18)31-21/h5-6,13H,4,7-12H2,1-3H3. The average Bonchev–Trinajstić information content (AvgIpc) is 3.43. The molecule has 0 spiro atoms. The van der Waals surface area contributed by atoms with Gasteiger partial charge in [0.05, 0.1) is 27.4 Å². The second kappa shape index (κ2) is 9.63. The summed E-state index contributed by atoms with van der Waals surface area (Å²) in [6.45, 7) is 6.46. The molecule has 0 radical (unpaired) electrons. The highest BCUT2D eigenvalue weighted by atomic mass is 32.1. The molecule has 1 aromatic carbocycles. The highest BCUT2D eigenvalue weighted by Gasteiger charge is 2.26. The van der Waals surface area contributed by atoms with E-state index in [0.29, 0.717) is 34.5 Å². The van der Waals surface area contributed by atoms with E-state index in [2.05, 4.69) is 10.1 Å². The lowest BCUT2D eigenvalue weighted by Gasteiger charge is -2.27. The predicted octanol–water partition coefficient (Wildman–Crippen LogP) is 2.98. The number of anilines is 1. The molecule has 166 valence electrons. The number of benzene rings is 1. The summed E-state index contributed by atoms with van der Waals surface area (Å²) >= 11 is 1.40. The minimum absolute atomic E-state index is 0.240. The van der Waals surface area contributed by atoms with E-state index < -0.39 is 0 Å². The third-order valence-electron chi connectivity index (χ3n) is 5.18. The number of carbonyl (C=O) groups is 1. The van der Waals surface area contributed by atoms with Crippen LogP contribution in [0, 0.1) is 6.92 Å². The molecule has 4 rings (SSSR count). The van der Waals surface area contributed by atoms with Gasteiger partial charge in [0.2, 0.25) is 0 Å². The maximum atomic E-state index is 13.3. The summed E-state index contributed by atoms with van der Waals surface area (Å²) < 4.78 is 22.3. The number of thiazole rings is 1. The molecule has 1 fully saturated rings. The van der Waals surface area contributed by atoms with Gasteiger partial charge in [0.1, 0.15) is 27.5 Å². The van der Waals surface area contributed by atoms with Crippen LogP contribution in [0.15, 0.2) is 22.7 Å². The lowest BCUT2D eigenvalue weighted by molar-refractivity contribution is 0.0376. The molecule has 1 aliphatic rings. The molecule has 0 saturated carbocycles.